The van der Waals surface area contributed by atoms with Crippen LogP contribution in [0.3, 0.4) is 0 Å². The van der Waals surface area contributed by atoms with Gasteiger partial charge in [-0.15, -0.1) is 0 Å². The van der Waals surface area contributed by atoms with Crippen LogP contribution in [-0.4, -0.2) is 15.7 Å². The zero-order valence-electron chi connectivity index (χ0n) is 13.7. The number of hydrogen-bond acceptors (Lipinski definition) is 3. The van der Waals surface area contributed by atoms with Gasteiger partial charge in [-0.2, -0.15) is 5.10 Å². The molecule has 1 unspecified atom stereocenters. The van der Waals surface area contributed by atoms with E-state index in [-0.39, 0.29) is 18.7 Å². The molecule has 5 nitrogen and oxygen atoms in total. The summed E-state index contributed by atoms with van der Waals surface area (Å²) in [6.07, 6.45) is 1.72. The molecule has 3 rings (SSSR count). The third-order valence-electron chi connectivity index (χ3n) is 3.70. The first-order valence-electron chi connectivity index (χ1n) is 7.89. The Morgan fingerprint density at radius 2 is 1.88 bits per heavy atom. The summed E-state index contributed by atoms with van der Waals surface area (Å²) < 4.78 is 8.22. The van der Waals surface area contributed by atoms with E-state index in [4.69, 9.17) is 4.74 Å². The molecule has 128 valence electrons. The van der Waals surface area contributed by atoms with Crippen molar-refractivity contribution in [1.82, 2.24) is 15.1 Å². The van der Waals surface area contributed by atoms with Gasteiger partial charge in [0.2, 0.25) is 0 Å². The molecule has 0 aliphatic carbocycles. The number of aromatic nitrogens is 2. The van der Waals surface area contributed by atoms with Gasteiger partial charge in [0.1, 0.15) is 11.4 Å². The van der Waals surface area contributed by atoms with Gasteiger partial charge in [-0.05, 0) is 42.8 Å². The summed E-state index contributed by atoms with van der Waals surface area (Å²) in [6.45, 7) is 2.18. The molecular weight excluding hydrogens is 382 g/mol. The summed E-state index contributed by atoms with van der Waals surface area (Å²) in [5.74, 6) is 0.529. The largest absolute Gasteiger partial charge is 0.471 e. The lowest BCUT2D eigenvalue weighted by Gasteiger charge is -2.13. The molecule has 1 N–H and O–H groups in total. The average Bonchev–Trinajstić information content (AvgIpc) is 3.11. The molecule has 0 saturated heterocycles. The first kappa shape index (κ1) is 17.2. The summed E-state index contributed by atoms with van der Waals surface area (Å²) in [5, 5.41) is 7.20. The third-order valence-corrected chi connectivity index (χ3v) is 4.23. The first-order chi connectivity index (χ1) is 12.1. The molecule has 2 aromatic carbocycles. The number of hydrogen-bond donors (Lipinski definition) is 1. The second kappa shape index (κ2) is 7.98. The van der Waals surface area contributed by atoms with Gasteiger partial charge in [0.15, 0.2) is 6.73 Å². The second-order valence-corrected chi connectivity index (χ2v) is 6.49. The van der Waals surface area contributed by atoms with E-state index in [1.54, 1.807) is 16.9 Å². The van der Waals surface area contributed by atoms with E-state index >= 15 is 0 Å². The van der Waals surface area contributed by atoms with Crippen LogP contribution in [0.15, 0.2) is 71.3 Å². The van der Waals surface area contributed by atoms with Crippen molar-refractivity contribution >= 4 is 21.8 Å². The molecule has 0 radical (unpaired) electrons. The molecule has 0 aliphatic heterocycles. The number of nitrogens with zero attached hydrogens (tertiary/aromatic N) is 2. The van der Waals surface area contributed by atoms with Crippen LogP contribution >= 0.6 is 15.9 Å². The molecule has 1 amide bonds. The van der Waals surface area contributed by atoms with Crippen LogP contribution in [0.25, 0.3) is 0 Å². The summed E-state index contributed by atoms with van der Waals surface area (Å²) in [4.78, 5) is 12.3. The number of amides is 1. The molecule has 3 aromatic rings. The number of carbonyl (C=O) groups excluding carboxylic acids is 1. The maximum Gasteiger partial charge on any atom is 0.272 e. The van der Waals surface area contributed by atoms with Crippen LogP contribution in [0.1, 0.15) is 29.0 Å². The first-order valence-corrected chi connectivity index (χ1v) is 8.69. The molecule has 0 spiro atoms. The fourth-order valence-corrected chi connectivity index (χ4v) is 2.59. The van der Waals surface area contributed by atoms with Crippen molar-refractivity contribution < 1.29 is 9.53 Å². The Bertz CT molecular complexity index is 831. The zero-order valence-corrected chi connectivity index (χ0v) is 15.3. The standard InChI is InChI=1S/C19H18BrN3O2/c1-14(15-5-3-2-4-6-15)21-19(24)18-11-12-23(22-18)13-25-17-9-7-16(20)8-10-17/h2-12,14H,13H2,1H3,(H,21,24). The Hall–Kier alpha value is -2.60. The second-order valence-electron chi connectivity index (χ2n) is 5.57. The highest BCUT2D eigenvalue weighted by Crippen LogP contribution is 2.16. The maximum absolute atomic E-state index is 12.3. The molecule has 0 aliphatic rings. The van der Waals surface area contributed by atoms with Gasteiger partial charge in [-0.25, -0.2) is 4.68 Å². The van der Waals surface area contributed by atoms with Gasteiger partial charge in [-0.1, -0.05) is 46.3 Å². The molecular formula is C19H18BrN3O2. The Kier molecular flexibility index (Phi) is 5.50. The van der Waals surface area contributed by atoms with Crippen molar-refractivity contribution in [3.63, 3.8) is 0 Å². The molecule has 25 heavy (non-hydrogen) atoms. The predicted octanol–water partition coefficient (Wildman–Crippen LogP) is 4.17. The van der Waals surface area contributed by atoms with Gasteiger partial charge in [-0.3, -0.25) is 4.79 Å². The minimum atomic E-state index is -0.209. The highest BCUT2D eigenvalue weighted by molar-refractivity contribution is 9.10. The molecule has 6 heteroatoms. The normalized spacial score (nSPS) is 11.8. The SMILES string of the molecule is CC(NC(=O)c1ccn(COc2ccc(Br)cc2)n1)c1ccccc1. The Labute approximate surface area is 154 Å². The molecule has 0 saturated carbocycles. The lowest BCUT2D eigenvalue weighted by molar-refractivity contribution is 0.0932. The number of halogens is 1. The van der Waals surface area contributed by atoms with Gasteiger partial charge in [0.25, 0.3) is 5.91 Å². The minimum Gasteiger partial charge on any atom is -0.471 e. The lowest BCUT2D eigenvalue weighted by Crippen LogP contribution is -2.27. The van der Waals surface area contributed by atoms with Crippen molar-refractivity contribution in [2.75, 3.05) is 0 Å². The van der Waals surface area contributed by atoms with Crippen molar-refractivity contribution in [3.8, 4) is 5.75 Å². The number of benzene rings is 2. The molecule has 1 aromatic heterocycles. The van der Waals surface area contributed by atoms with Crippen LogP contribution in [0.2, 0.25) is 0 Å². The summed E-state index contributed by atoms with van der Waals surface area (Å²) >= 11 is 3.38. The minimum absolute atomic E-state index is 0.0853. The van der Waals surface area contributed by atoms with E-state index in [0.717, 1.165) is 15.8 Å². The number of nitrogens with one attached hydrogen (secondary N) is 1. The van der Waals surface area contributed by atoms with E-state index in [1.807, 2.05) is 61.5 Å². The van der Waals surface area contributed by atoms with Gasteiger partial charge >= 0.3 is 0 Å². The van der Waals surface area contributed by atoms with E-state index in [0.29, 0.717) is 5.69 Å². The molecule has 0 fully saturated rings. The van der Waals surface area contributed by atoms with Gasteiger partial charge in [0, 0.05) is 10.7 Å². The molecule has 1 atom stereocenters. The van der Waals surface area contributed by atoms with Crippen LogP contribution < -0.4 is 10.1 Å². The summed E-state index contributed by atoms with van der Waals surface area (Å²) in [7, 11) is 0. The average molecular weight is 400 g/mol. The highest BCUT2D eigenvalue weighted by Gasteiger charge is 2.13. The maximum atomic E-state index is 12.3. The summed E-state index contributed by atoms with van der Waals surface area (Å²) in [5.41, 5.74) is 1.41. The van der Waals surface area contributed by atoms with E-state index in [9.17, 15) is 4.79 Å². The lowest BCUT2D eigenvalue weighted by atomic mass is 10.1. The zero-order chi connectivity index (χ0) is 17.6. The van der Waals surface area contributed by atoms with Crippen molar-refractivity contribution in [1.29, 1.82) is 0 Å². The monoisotopic (exact) mass is 399 g/mol. The van der Waals surface area contributed by atoms with Gasteiger partial charge in [0.05, 0.1) is 6.04 Å². The van der Waals surface area contributed by atoms with E-state index < -0.39 is 0 Å². The fraction of sp³-hybridized carbons (Fsp3) is 0.158. The number of rotatable bonds is 6. The van der Waals surface area contributed by atoms with Gasteiger partial charge < -0.3 is 10.1 Å². The third kappa shape index (κ3) is 4.70. The van der Waals surface area contributed by atoms with Crippen LogP contribution in [0, 0.1) is 0 Å². The smallest absolute Gasteiger partial charge is 0.272 e. The van der Waals surface area contributed by atoms with Crippen molar-refractivity contribution in [2.24, 2.45) is 0 Å². The van der Waals surface area contributed by atoms with Crippen LogP contribution in [-0.2, 0) is 6.73 Å². The predicted molar refractivity (Wildman–Crippen MR) is 99.3 cm³/mol. The Balaban J connectivity index is 1.57. The van der Waals surface area contributed by atoms with Crippen LogP contribution in [0.4, 0.5) is 0 Å². The topological polar surface area (TPSA) is 56.2 Å². The molecule has 0 bridgehead atoms. The van der Waals surface area contributed by atoms with Crippen molar-refractivity contribution in [2.45, 2.75) is 19.7 Å². The van der Waals surface area contributed by atoms with Crippen LogP contribution in [0.5, 0.6) is 5.75 Å². The Morgan fingerprint density at radius 1 is 1.16 bits per heavy atom. The fourth-order valence-electron chi connectivity index (χ4n) is 2.32. The van der Waals surface area contributed by atoms with E-state index in [2.05, 4.69) is 26.3 Å². The van der Waals surface area contributed by atoms with E-state index in [1.165, 1.54) is 0 Å². The number of ether oxygens (including phenoxy) is 1. The molecule has 1 heterocycles. The van der Waals surface area contributed by atoms with Crippen molar-refractivity contribution in [3.05, 3.63) is 82.6 Å². The Morgan fingerprint density at radius 3 is 2.60 bits per heavy atom. The highest BCUT2D eigenvalue weighted by atomic mass is 79.9. The quantitative estimate of drug-likeness (QED) is 0.676. The summed E-state index contributed by atoms with van der Waals surface area (Å²) in [6, 6.07) is 18.9. The number of carbonyl (C=O) groups is 1.